The number of sulfone groups is 1. The molecular formula is C19H15F2N3O5S. The highest BCUT2D eigenvalue weighted by molar-refractivity contribution is 7.90. The molecule has 156 valence electrons. The standard InChI is InChI=1S/C19H15F2N3O5S/c1-30(26,27)19-22-13(7-20)6-15(23-19)12-5-14(21)18(25)24(9-12)8-11-2-3-16-17(4-11)29-10-28-16/h2-6,9H,7-8,10H2,1H3. The van der Waals surface area contributed by atoms with Crippen molar-refractivity contribution in [3.8, 4) is 22.8 Å². The predicted molar refractivity (Wildman–Crippen MR) is 101 cm³/mol. The van der Waals surface area contributed by atoms with Gasteiger partial charge in [0.05, 0.1) is 17.9 Å². The predicted octanol–water partition coefficient (Wildman–Crippen LogP) is 2.09. The summed E-state index contributed by atoms with van der Waals surface area (Å²) in [5.74, 6) is 0.0204. The molecule has 3 aromatic rings. The second kappa shape index (κ2) is 7.48. The molecule has 1 aliphatic heterocycles. The van der Waals surface area contributed by atoms with Gasteiger partial charge in [-0.1, -0.05) is 6.07 Å². The molecule has 0 bridgehead atoms. The Hall–Kier alpha value is -3.34. The van der Waals surface area contributed by atoms with Crippen LogP contribution in [0.2, 0.25) is 0 Å². The summed E-state index contributed by atoms with van der Waals surface area (Å²) in [7, 11) is -3.83. The molecule has 0 radical (unpaired) electrons. The van der Waals surface area contributed by atoms with E-state index in [1.54, 1.807) is 18.2 Å². The molecule has 0 amide bonds. The van der Waals surface area contributed by atoms with Crippen molar-refractivity contribution in [3.63, 3.8) is 0 Å². The number of alkyl halides is 1. The molecule has 0 aliphatic carbocycles. The Morgan fingerprint density at radius 1 is 1.13 bits per heavy atom. The summed E-state index contributed by atoms with van der Waals surface area (Å²) >= 11 is 0. The van der Waals surface area contributed by atoms with Crippen molar-refractivity contribution < 1.29 is 26.7 Å². The number of benzene rings is 1. The minimum atomic E-state index is -3.83. The molecule has 1 aliphatic rings. The third-order valence-corrected chi connectivity index (χ3v) is 5.20. The van der Waals surface area contributed by atoms with Gasteiger partial charge in [0.1, 0.15) is 6.67 Å². The van der Waals surface area contributed by atoms with E-state index < -0.39 is 33.0 Å². The zero-order chi connectivity index (χ0) is 21.5. The van der Waals surface area contributed by atoms with Gasteiger partial charge in [0.15, 0.2) is 17.3 Å². The van der Waals surface area contributed by atoms with Gasteiger partial charge in [0.2, 0.25) is 21.8 Å². The Bertz CT molecular complexity index is 1310. The fourth-order valence-corrected chi connectivity index (χ4v) is 3.50. The molecule has 0 saturated carbocycles. The molecule has 2 aromatic heterocycles. The Kier molecular flexibility index (Phi) is 4.98. The van der Waals surface area contributed by atoms with Crippen LogP contribution in [0.15, 0.2) is 46.5 Å². The van der Waals surface area contributed by atoms with Crippen LogP contribution in [0.25, 0.3) is 11.3 Å². The zero-order valence-corrected chi connectivity index (χ0v) is 16.4. The van der Waals surface area contributed by atoms with Crippen LogP contribution < -0.4 is 15.0 Å². The third-order valence-electron chi connectivity index (χ3n) is 4.36. The van der Waals surface area contributed by atoms with Crippen molar-refractivity contribution in [2.75, 3.05) is 13.0 Å². The molecule has 30 heavy (non-hydrogen) atoms. The van der Waals surface area contributed by atoms with Gasteiger partial charge in [-0.25, -0.2) is 27.2 Å². The minimum absolute atomic E-state index is 0.0141. The van der Waals surface area contributed by atoms with Crippen LogP contribution in [0.1, 0.15) is 11.3 Å². The van der Waals surface area contributed by atoms with E-state index >= 15 is 0 Å². The molecule has 8 nitrogen and oxygen atoms in total. The van der Waals surface area contributed by atoms with Crippen LogP contribution in [0.3, 0.4) is 0 Å². The fourth-order valence-electron chi connectivity index (χ4n) is 2.95. The lowest BCUT2D eigenvalue weighted by Gasteiger charge is -2.11. The quantitative estimate of drug-likeness (QED) is 0.566. The maximum Gasteiger partial charge on any atom is 0.286 e. The monoisotopic (exact) mass is 435 g/mol. The van der Waals surface area contributed by atoms with Crippen molar-refractivity contribution in [1.29, 1.82) is 0 Å². The number of rotatable bonds is 5. The lowest BCUT2D eigenvalue weighted by molar-refractivity contribution is 0.174. The number of pyridine rings is 1. The highest BCUT2D eigenvalue weighted by Gasteiger charge is 2.18. The second-order valence-electron chi connectivity index (χ2n) is 6.63. The molecule has 3 heterocycles. The third kappa shape index (κ3) is 3.88. The number of ether oxygens (including phenoxy) is 2. The molecule has 0 N–H and O–H groups in total. The van der Waals surface area contributed by atoms with Crippen LogP contribution in [-0.4, -0.2) is 36.0 Å². The number of halogens is 2. The Morgan fingerprint density at radius 2 is 1.90 bits per heavy atom. The highest BCUT2D eigenvalue weighted by atomic mass is 32.2. The zero-order valence-electron chi connectivity index (χ0n) is 15.6. The summed E-state index contributed by atoms with van der Waals surface area (Å²) in [6.45, 7) is -0.923. The topological polar surface area (TPSA) is 100 Å². The van der Waals surface area contributed by atoms with Crippen molar-refractivity contribution in [1.82, 2.24) is 14.5 Å². The van der Waals surface area contributed by atoms with E-state index in [-0.39, 0.29) is 30.3 Å². The summed E-state index contributed by atoms with van der Waals surface area (Å²) in [4.78, 5) is 19.8. The smallest absolute Gasteiger partial charge is 0.286 e. The molecule has 0 unspecified atom stereocenters. The molecule has 0 saturated heterocycles. The first-order chi connectivity index (χ1) is 14.2. The van der Waals surface area contributed by atoms with Crippen molar-refractivity contribution in [3.05, 3.63) is 64.0 Å². The largest absolute Gasteiger partial charge is 0.454 e. The summed E-state index contributed by atoms with van der Waals surface area (Å²) in [6, 6.07) is 7.19. The fraction of sp³-hybridized carbons (Fsp3) is 0.211. The van der Waals surface area contributed by atoms with E-state index in [2.05, 4.69) is 9.97 Å². The molecule has 1 aromatic carbocycles. The summed E-state index contributed by atoms with van der Waals surface area (Å²) < 4.78 is 62.8. The number of hydrogen-bond donors (Lipinski definition) is 0. The lowest BCUT2D eigenvalue weighted by Crippen LogP contribution is -2.23. The molecule has 0 spiro atoms. The summed E-state index contributed by atoms with van der Waals surface area (Å²) in [6.07, 6.45) is 2.21. The Morgan fingerprint density at radius 3 is 2.63 bits per heavy atom. The van der Waals surface area contributed by atoms with E-state index in [1.807, 2.05) is 0 Å². The number of aromatic nitrogens is 3. The Balaban J connectivity index is 1.78. The minimum Gasteiger partial charge on any atom is -0.454 e. The molecular weight excluding hydrogens is 420 g/mol. The SMILES string of the molecule is CS(=O)(=O)c1nc(CF)cc(-c2cc(F)c(=O)n(Cc3ccc4c(c3)OCO4)c2)n1. The summed E-state index contributed by atoms with van der Waals surface area (Å²) in [5.41, 5.74) is -0.304. The van der Waals surface area contributed by atoms with Gasteiger partial charge >= 0.3 is 0 Å². The maximum atomic E-state index is 14.4. The van der Waals surface area contributed by atoms with Crippen LogP contribution >= 0.6 is 0 Å². The molecule has 0 fully saturated rings. The van der Waals surface area contributed by atoms with Crippen molar-refractivity contribution >= 4 is 9.84 Å². The highest BCUT2D eigenvalue weighted by Crippen LogP contribution is 2.32. The van der Waals surface area contributed by atoms with Crippen LogP contribution in [0.4, 0.5) is 8.78 Å². The summed E-state index contributed by atoms with van der Waals surface area (Å²) in [5, 5.41) is -0.582. The normalized spacial score (nSPS) is 12.9. The lowest BCUT2D eigenvalue weighted by atomic mass is 10.1. The molecule has 11 heteroatoms. The first kappa shape index (κ1) is 20.0. The van der Waals surface area contributed by atoms with Crippen LogP contribution in [0.5, 0.6) is 11.5 Å². The number of hydrogen-bond acceptors (Lipinski definition) is 7. The van der Waals surface area contributed by atoms with E-state index in [4.69, 9.17) is 9.47 Å². The van der Waals surface area contributed by atoms with Gasteiger partial charge in [0.25, 0.3) is 5.56 Å². The first-order valence-electron chi connectivity index (χ1n) is 8.67. The van der Waals surface area contributed by atoms with E-state index in [1.165, 1.54) is 12.3 Å². The van der Waals surface area contributed by atoms with Gasteiger partial charge in [-0.15, -0.1) is 0 Å². The number of fused-ring (bicyclic) bond motifs is 1. The first-order valence-corrected chi connectivity index (χ1v) is 10.6. The number of nitrogens with zero attached hydrogens (tertiary/aromatic N) is 3. The van der Waals surface area contributed by atoms with Crippen molar-refractivity contribution in [2.24, 2.45) is 0 Å². The van der Waals surface area contributed by atoms with Gasteiger partial charge < -0.3 is 14.0 Å². The maximum absolute atomic E-state index is 14.4. The van der Waals surface area contributed by atoms with E-state index in [9.17, 15) is 22.0 Å². The van der Waals surface area contributed by atoms with Gasteiger partial charge in [0, 0.05) is 18.0 Å². The van der Waals surface area contributed by atoms with E-state index in [0.717, 1.165) is 16.9 Å². The average molecular weight is 435 g/mol. The second-order valence-corrected chi connectivity index (χ2v) is 8.54. The Labute approximate surface area is 169 Å². The van der Waals surface area contributed by atoms with Gasteiger partial charge in [-0.2, -0.15) is 0 Å². The van der Waals surface area contributed by atoms with Crippen LogP contribution in [-0.2, 0) is 23.1 Å². The van der Waals surface area contributed by atoms with Crippen LogP contribution in [0, 0.1) is 5.82 Å². The van der Waals surface area contributed by atoms with Crippen molar-refractivity contribution in [2.45, 2.75) is 18.4 Å². The van der Waals surface area contributed by atoms with E-state index in [0.29, 0.717) is 17.1 Å². The van der Waals surface area contributed by atoms with Gasteiger partial charge in [-0.3, -0.25) is 4.79 Å². The molecule has 0 atom stereocenters. The van der Waals surface area contributed by atoms with Gasteiger partial charge in [-0.05, 0) is 29.8 Å². The average Bonchev–Trinajstić information content (AvgIpc) is 3.18. The molecule has 4 rings (SSSR count).